The number of hydrogen-bond acceptors (Lipinski definition) is 6. The molecular weight excluding hydrogens is 284 g/mol. The third kappa shape index (κ3) is 23.9. The first kappa shape index (κ1) is 23.1. The van der Waals surface area contributed by atoms with Gasteiger partial charge >= 0.3 is 0 Å². The van der Waals surface area contributed by atoms with E-state index in [0.29, 0.717) is 6.61 Å². The van der Waals surface area contributed by atoms with Gasteiger partial charge in [0.15, 0.2) is 10.7 Å². The lowest BCUT2D eigenvalue weighted by atomic mass is 10.1. The molecule has 0 aliphatic rings. The van der Waals surface area contributed by atoms with Gasteiger partial charge in [-0.25, -0.2) is 0 Å². The van der Waals surface area contributed by atoms with Crippen molar-refractivity contribution < 1.29 is 9.68 Å². The molecule has 1 atom stereocenters. The first-order chi connectivity index (χ1) is 10.7. The van der Waals surface area contributed by atoms with E-state index in [4.69, 9.17) is 0 Å². The van der Waals surface area contributed by atoms with E-state index in [1.807, 2.05) is 6.92 Å². The SMILES string of the molecule is CCCCCCC(C)ON=O.CCCCCCCCON=O. The Morgan fingerprint density at radius 1 is 0.773 bits per heavy atom. The summed E-state index contributed by atoms with van der Waals surface area (Å²) < 4.78 is 0. The molecule has 0 radical (unpaired) electrons. The highest BCUT2D eigenvalue weighted by atomic mass is 16.7. The average Bonchev–Trinajstić information content (AvgIpc) is 2.52. The standard InChI is InChI=1S/2C8H17NO2/c1-3-4-5-6-7-8(2)11-9-10;1-2-3-4-5-6-7-8-11-9-10/h8H,3-7H2,1-2H3;2-8H2,1H3. The van der Waals surface area contributed by atoms with Crippen LogP contribution in [0, 0.1) is 9.81 Å². The van der Waals surface area contributed by atoms with Crippen LogP contribution in [0.1, 0.15) is 91.4 Å². The Morgan fingerprint density at radius 2 is 1.32 bits per heavy atom. The van der Waals surface area contributed by atoms with E-state index in [2.05, 4.69) is 34.2 Å². The molecule has 0 rings (SSSR count). The molecule has 0 saturated carbocycles. The largest absolute Gasteiger partial charge is 0.364 e. The van der Waals surface area contributed by atoms with Gasteiger partial charge < -0.3 is 9.68 Å². The summed E-state index contributed by atoms with van der Waals surface area (Å²) in [6.45, 7) is 6.72. The molecule has 0 heterocycles. The van der Waals surface area contributed by atoms with Crippen LogP contribution in [0.15, 0.2) is 10.7 Å². The minimum absolute atomic E-state index is 0.00986. The maximum absolute atomic E-state index is 9.63. The van der Waals surface area contributed by atoms with Crippen LogP contribution in [-0.2, 0) is 9.68 Å². The Balaban J connectivity index is 0. The van der Waals surface area contributed by atoms with Crippen LogP contribution in [0.25, 0.3) is 0 Å². The quantitative estimate of drug-likeness (QED) is 0.208. The fraction of sp³-hybridized carbons (Fsp3) is 1.00. The second-order valence-electron chi connectivity index (χ2n) is 5.52. The van der Waals surface area contributed by atoms with E-state index < -0.39 is 0 Å². The van der Waals surface area contributed by atoms with Crippen LogP contribution in [-0.4, -0.2) is 12.7 Å². The molecule has 6 nitrogen and oxygen atoms in total. The van der Waals surface area contributed by atoms with E-state index in [-0.39, 0.29) is 6.10 Å². The molecule has 0 aromatic heterocycles. The summed E-state index contributed by atoms with van der Waals surface area (Å²) in [5, 5.41) is 4.70. The van der Waals surface area contributed by atoms with Crippen LogP contribution in [0.5, 0.6) is 0 Å². The predicted molar refractivity (Wildman–Crippen MR) is 90.2 cm³/mol. The molecule has 0 aromatic carbocycles. The summed E-state index contributed by atoms with van der Waals surface area (Å²) in [6, 6.07) is 0. The number of hydrogen-bond donors (Lipinski definition) is 0. The Morgan fingerprint density at radius 3 is 1.86 bits per heavy atom. The lowest BCUT2D eigenvalue weighted by Gasteiger charge is -2.05. The van der Waals surface area contributed by atoms with Crippen molar-refractivity contribution in [1.29, 1.82) is 0 Å². The molecule has 0 amide bonds. The number of nitrogens with zero attached hydrogens (tertiary/aromatic N) is 2. The van der Waals surface area contributed by atoms with Crippen LogP contribution >= 0.6 is 0 Å². The van der Waals surface area contributed by atoms with Crippen molar-refractivity contribution in [3.63, 3.8) is 0 Å². The van der Waals surface area contributed by atoms with Gasteiger partial charge in [0.25, 0.3) is 0 Å². The van der Waals surface area contributed by atoms with Crippen molar-refractivity contribution >= 4 is 0 Å². The molecule has 0 bridgehead atoms. The molecule has 1 unspecified atom stereocenters. The van der Waals surface area contributed by atoms with Crippen molar-refractivity contribution in [3.05, 3.63) is 9.81 Å². The van der Waals surface area contributed by atoms with Gasteiger partial charge in [-0.05, 0) is 32.6 Å². The van der Waals surface area contributed by atoms with Crippen molar-refractivity contribution in [2.24, 2.45) is 10.7 Å². The van der Waals surface area contributed by atoms with Gasteiger partial charge in [-0.15, -0.1) is 9.81 Å². The Kier molecular flexibility index (Phi) is 23.2. The third-order valence-electron chi connectivity index (χ3n) is 3.33. The predicted octanol–water partition coefficient (Wildman–Crippen LogP) is 6.09. The molecule has 22 heavy (non-hydrogen) atoms. The van der Waals surface area contributed by atoms with E-state index in [9.17, 15) is 9.81 Å². The van der Waals surface area contributed by atoms with Crippen molar-refractivity contribution in [2.45, 2.75) is 97.5 Å². The number of rotatable bonds is 15. The second kappa shape index (κ2) is 22.1. The highest BCUT2D eigenvalue weighted by Gasteiger charge is 2.01. The minimum Gasteiger partial charge on any atom is -0.364 e. The maximum Gasteiger partial charge on any atom is 0.155 e. The molecule has 0 fully saturated rings. The summed E-state index contributed by atoms with van der Waals surface area (Å²) >= 11 is 0. The highest BCUT2D eigenvalue weighted by Crippen LogP contribution is 2.07. The van der Waals surface area contributed by atoms with Crippen LogP contribution in [0.2, 0.25) is 0 Å². The van der Waals surface area contributed by atoms with Gasteiger partial charge in [-0.2, -0.15) is 0 Å². The zero-order valence-electron chi connectivity index (χ0n) is 14.6. The fourth-order valence-corrected chi connectivity index (χ4v) is 1.97. The molecule has 0 aliphatic heterocycles. The Labute approximate surface area is 135 Å². The number of unbranched alkanes of at least 4 members (excludes halogenated alkanes) is 8. The normalized spacial score (nSPS) is 11.0. The maximum atomic E-state index is 9.63. The van der Waals surface area contributed by atoms with E-state index in [0.717, 1.165) is 25.7 Å². The van der Waals surface area contributed by atoms with Crippen molar-refractivity contribution in [1.82, 2.24) is 0 Å². The van der Waals surface area contributed by atoms with E-state index >= 15 is 0 Å². The van der Waals surface area contributed by atoms with Crippen LogP contribution in [0.3, 0.4) is 0 Å². The van der Waals surface area contributed by atoms with Gasteiger partial charge in [0.2, 0.25) is 0 Å². The molecule has 0 spiro atoms. The van der Waals surface area contributed by atoms with Crippen molar-refractivity contribution in [2.75, 3.05) is 6.61 Å². The van der Waals surface area contributed by atoms with Gasteiger partial charge in [0.05, 0.1) is 0 Å². The molecule has 132 valence electrons. The second-order valence-corrected chi connectivity index (χ2v) is 5.52. The third-order valence-corrected chi connectivity index (χ3v) is 3.33. The van der Waals surface area contributed by atoms with E-state index in [1.54, 1.807) is 0 Å². The summed E-state index contributed by atoms with van der Waals surface area (Å²) in [7, 11) is 0. The Bertz CT molecular complexity index is 228. The van der Waals surface area contributed by atoms with Gasteiger partial charge in [0, 0.05) is 0 Å². The summed E-state index contributed by atoms with van der Waals surface area (Å²) in [5.74, 6) is 0. The van der Waals surface area contributed by atoms with Gasteiger partial charge in [-0.1, -0.05) is 58.8 Å². The molecule has 0 saturated heterocycles. The molecule has 6 heteroatoms. The smallest absolute Gasteiger partial charge is 0.155 e. The molecule has 0 aliphatic carbocycles. The monoisotopic (exact) mass is 318 g/mol. The van der Waals surface area contributed by atoms with Crippen LogP contribution in [0.4, 0.5) is 0 Å². The lowest BCUT2D eigenvalue weighted by Crippen LogP contribution is -2.02. The first-order valence-corrected chi connectivity index (χ1v) is 8.65. The highest BCUT2D eigenvalue weighted by molar-refractivity contribution is 4.49. The summed E-state index contributed by atoms with van der Waals surface area (Å²) in [5.41, 5.74) is 0. The van der Waals surface area contributed by atoms with Crippen LogP contribution < -0.4 is 0 Å². The summed E-state index contributed by atoms with van der Waals surface area (Å²) in [6.07, 6.45) is 13.0. The topological polar surface area (TPSA) is 77.3 Å². The summed E-state index contributed by atoms with van der Waals surface area (Å²) in [4.78, 5) is 27.9. The zero-order chi connectivity index (χ0) is 16.9. The van der Waals surface area contributed by atoms with Crippen molar-refractivity contribution in [3.8, 4) is 0 Å². The molecular formula is C16H34N2O4. The van der Waals surface area contributed by atoms with E-state index in [1.165, 1.54) is 44.9 Å². The minimum atomic E-state index is -0.00986. The zero-order valence-corrected chi connectivity index (χ0v) is 14.6. The molecule has 0 N–H and O–H groups in total. The molecule has 0 aromatic rings. The fourth-order valence-electron chi connectivity index (χ4n) is 1.97. The Hall–Kier alpha value is -1.20. The first-order valence-electron chi connectivity index (χ1n) is 8.65. The van der Waals surface area contributed by atoms with Gasteiger partial charge in [0.1, 0.15) is 12.7 Å². The average molecular weight is 318 g/mol. The lowest BCUT2D eigenvalue weighted by molar-refractivity contribution is 0.0607. The van der Waals surface area contributed by atoms with Gasteiger partial charge in [-0.3, -0.25) is 0 Å².